The number of hydrogen-bond donors (Lipinski definition) is 0. The van der Waals surface area contributed by atoms with Crippen molar-refractivity contribution in [3.05, 3.63) is 41.2 Å². The molecule has 0 bridgehead atoms. The highest BCUT2D eigenvalue weighted by Gasteiger charge is 2.19. The fourth-order valence-electron chi connectivity index (χ4n) is 2.76. The van der Waals surface area contributed by atoms with Gasteiger partial charge in [-0.15, -0.1) is 0 Å². The Morgan fingerprint density at radius 3 is 2.52 bits per heavy atom. The Hall–Kier alpha value is -3.03. The van der Waals surface area contributed by atoms with Crippen molar-refractivity contribution in [3.8, 4) is 17.2 Å². The third kappa shape index (κ3) is 3.15. The van der Waals surface area contributed by atoms with Gasteiger partial charge < -0.3 is 14.2 Å². The zero-order valence-electron chi connectivity index (χ0n) is 14.4. The van der Waals surface area contributed by atoms with Crippen molar-refractivity contribution < 1.29 is 14.2 Å². The maximum absolute atomic E-state index is 12.8. The molecule has 3 aromatic rings. The van der Waals surface area contributed by atoms with Gasteiger partial charge in [0.15, 0.2) is 11.5 Å². The summed E-state index contributed by atoms with van der Waals surface area (Å²) in [6.45, 7) is 1.27. The van der Waals surface area contributed by atoms with Gasteiger partial charge in [0.2, 0.25) is 5.75 Å². The van der Waals surface area contributed by atoms with Crippen LogP contribution in [0.3, 0.4) is 0 Å². The molecule has 8 nitrogen and oxygen atoms in total. The molecular weight excluding hydrogens is 324 g/mol. The first kappa shape index (κ1) is 16.8. The first-order chi connectivity index (χ1) is 12.2. The lowest BCUT2D eigenvalue weighted by atomic mass is 10.2. The van der Waals surface area contributed by atoms with Crippen LogP contribution >= 0.6 is 0 Å². The number of fused-ring (bicyclic) bond motifs is 1. The van der Waals surface area contributed by atoms with Crippen LogP contribution in [-0.2, 0) is 13.1 Å². The van der Waals surface area contributed by atoms with Crippen LogP contribution < -0.4 is 19.8 Å². The number of nitrogens with zero attached hydrogens (tertiary/aromatic N) is 4. The summed E-state index contributed by atoms with van der Waals surface area (Å²) >= 11 is 0. The zero-order valence-corrected chi connectivity index (χ0v) is 14.4. The predicted octanol–water partition coefficient (Wildman–Crippen LogP) is 1.71. The number of rotatable bonds is 7. The first-order valence-corrected chi connectivity index (χ1v) is 7.85. The van der Waals surface area contributed by atoms with Crippen LogP contribution in [-0.4, -0.2) is 40.7 Å². The number of benzene rings is 1. The first-order valence-electron chi connectivity index (χ1n) is 7.85. The van der Waals surface area contributed by atoms with Gasteiger partial charge in [-0.2, -0.15) is 5.10 Å². The fourth-order valence-corrected chi connectivity index (χ4v) is 2.76. The van der Waals surface area contributed by atoms with Gasteiger partial charge in [0.1, 0.15) is 5.52 Å². The molecular formula is C17H20N4O4. The van der Waals surface area contributed by atoms with Gasteiger partial charge in [-0.05, 0) is 18.6 Å². The highest BCUT2D eigenvalue weighted by atomic mass is 16.5. The number of ether oxygens (including phenoxy) is 3. The molecule has 2 heterocycles. The number of hydrogen-bond acceptors (Lipinski definition) is 6. The van der Waals surface area contributed by atoms with Gasteiger partial charge in [-0.25, -0.2) is 4.98 Å². The molecule has 0 radical (unpaired) electrons. The molecule has 0 aliphatic heterocycles. The second-order valence-electron chi connectivity index (χ2n) is 5.41. The second-order valence-corrected chi connectivity index (χ2v) is 5.41. The van der Waals surface area contributed by atoms with Gasteiger partial charge in [0, 0.05) is 25.5 Å². The van der Waals surface area contributed by atoms with E-state index in [4.69, 9.17) is 14.2 Å². The summed E-state index contributed by atoms with van der Waals surface area (Å²) in [5.74, 6) is 1.23. The summed E-state index contributed by atoms with van der Waals surface area (Å²) in [5.41, 5.74) is 0.304. The monoisotopic (exact) mass is 344 g/mol. The molecule has 0 amide bonds. The van der Waals surface area contributed by atoms with Crippen molar-refractivity contribution in [1.29, 1.82) is 0 Å². The molecule has 0 saturated heterocycles. The Labute approximate surface area is 144 Å². The van der Waals surface area contributed by atoms with Crippen molar-refractivity contribution in [2.75, 3.05) is 21.3 Å². The molecule has 1 aromatic carbocycles. The summed E-state index contributed by atoms with van der Waals surface area (Å²) in [7, 11) is 4.54. The van der Waals surface area contributed by atoms with Crippen molar-refractivity contribution in [3.63, 3.8) is 0 Å². The minimum absolute atomic E-state index is 0.148. The van der Waals surface area contributed by atoms with Crippen LogP contribution in [0.15, 0.2) is 35.6 Å². The molecule has 3 rings (SSSR count). The van der Waals surface area contributed by atoms with E-state index >= 15 is 0 Å². The minimum Gasteiger partial charge on any atom is -0.493 e. The molecule has 132 valence electrons. The molecule has 25 heavy (non-hydrogen) atoms. The fraction of sp³-hybridized carbons (Fsp3) is 0.353. The molecule has 0 spiro atoms. The van der Waals surface area contributed by atoms with Crippen LogP contribution in [0.1, 0.15) is 6.42 Å². The third-order valence-electron chi connectivity index (χ3n) is 3.97. The van der Waals surface area contributed by atoms with Crippen molar-refractivity contribution in [2.24, 2.45) is 0 Å². The van der Waals surface area contributed by atoms with Gasteiger partial charge in [-0.3, -0.25) is 14.0 Å². The predicted molar refractivity (Wildman–Crippen MR) is 92.5 cm³/mol. The standard InChI is InChI=1S/C17H20N4O4/c1-23-13-10-12-14(16(25-3)15(13)24-2)18-11-20(17(12)22)7-5-9-21-8-4-6-19-21/h4,6,8,10-11H,5,7,9H2,1-3H3. The SMILES string of the molecule is COc1cc2c(=O)n(CCCn3cccn3)cnc2c(OC)c1OC. The van der Waals surface area contributed by atoms with Crippen LogP contribution in [0.25, 0.3) is 10.9 Å². The van der Waals surface area contributed by atoms with E-state index in [2.05, 4.69) is 10.1 Å². The molecule has 8 heteroatoms. The van der Waals surface area contributed by atoms with Crippen molar-refractivity contribution >= 4 is 10.9 Å². The van der Waals surface area contributed by atoms with E-state index in [9.17, 15) is 4.79 Å². The van der Waals surface area contributed by atoms with E-state index in [1.165, 1.54) is 27.7 Å². The van der Waals surface area contributed by atoms with Gasteiger partial charge >= 0.3 is 0 Å². The highest BCUT2D eigenvalue weighted by molar-refractivity contribution is 5.89. The largest absolute Gasteiger partial charge is 0.493 e. The lowest BCUT2D eigenvalue weighted by Crippen LogP contribution is -2.21. The average Bonchev–Trinajstić information content (AvgIpc) is 3.15. The molecule has 0 aliphatic carbocycles. The normalized spacial score (nSPS) is 10.8. The molecule has 0 saturated carbocycles. The lowest BCUT2D eigenvalue weighted by molar-refractivity contribution is 0.326. The third-order valence-corrected chi connectivity index (χ3v) is 3.97. The Morgan fingerprint density at radius 1 is 1.08 bits per heavy atom. The van der Waals surface area contributed by atoms with Crippen LogP contribution in [0, 0.1) is 0 Å². The quantitative estimate of drug-likeness (QED) is 0.649. The molecule has 0 fully saturated rings. The Balaban J connectivity index is 1.97. The van der Waals surface area contributed by atoms with Crippen LogP contribution in [0.2, 0.25) is 0 Å². The second kappa shape index (κ2) is 7.25. The molecule has 0 atom stereocenters. The molecule has 0 N–H and O–H groups in total. The average molecular weight is 344 g/mol. The summed E-state index contributed by atoms with van der Waals surface area (Å²) in [6, 6.07) is 3.51. The molecule has 0 aliphatic rings. The summed E-state index contributed by atoms with van der Waals surface area (Å²) in [5, 5.41) is 4.58. The smallest absolute Gasteiger partial charge is 0.261 e. The van der Waals surface area contributed by atoms with E-state index in [0.29, 0.717) is 34.7 Å². The molecule has 0 unspecified atom stereocenters. The Bertz CT molecular complexity index is 919. The van der Waals surface area contributed by atoms with Crippen LogP contribution in [0.4, 0.5) is 0 Å². The van der Waals surface area contributed by atoms with E-state index in [-0.39, 0.29) is 5.56 Å². The van der Waals surface area contributed by atoms with E-state index in [1.807, 2.05) is 16.9 Å². The van der Waals surface area contributed by atoms with Crippen molar-refractivity contribution in [2.45, 2.75) is 19.5 Å². The number of methoxy groups -OCH3 is 3. The van der Waals surface area contributed by atoms with E-state index < -0.39 is 0 Å². The summed E-state index contributed by atoms with van der Waals surface area (Å²) < 4.78 is 19.5. The topological polar surface area (TPSA) is 80.4 Å². The van der Waals surface area contributed by atoms with E-state index in [0.717, 1.165) is 13.0 Å². The van der Waals surface area contributed by atoms with Crippen LogP contribution in [0.5, 0.6) is 17.2 Å². The number of aryl methyl sites for hydroxylation is 2. The Kier molecular flexibility index (Phi) is 4.87. The maximum atomic E-state index is 12.8. The highest BCUT2D eigenvalue weighted by Crippen LogP contribution is 2.41. The van der Waals surface area contributed by atoms with Gasteiger partial charge in [-0.1, -0.05) is 0 Å². The molecule has 2 aromatic heterocycles. The Morgan fingerprint density at radius 2 is 1.88 bits per heavy atom. The maximum Gasteiger partial charge on any atom is 0.261 e. The van der Waals surface area contributed by atoms with Crippen molar-refractivity contribution in [1.82, 2.24) is 19.3 Å². The zero-order chi connectivity index (χ0) is 17.8. The summed E-state index contributed by atoms with van der Waals surface area (Å²) in [6.07, 6.45) is 5.92. The number of aromatic nitrogens is 4. The van der Waals surface area contributed by atoms with Gasteiger partial charge in [0.05, 0.1) is 33.0 Å². The van der Waals surface area contributed by atoms with Gasteiger partial charge in [0.25, 0.3) is 5.56 Å². The minimum atomic E-state index is -0.148. The summed E-state index contributed by atoms with van der Waals surface area (Å²) in [4.78, 5) is 17.2. The lowest BCUT2D eigenvalue weighted by Gasteiger charge is -2.14. The van der Waals surface area contributed by atoms with E-state index in [1.54, 1.807) is 16.8 Å².